The average molecular weight is 485 g/mol. The molecule has 0 saturated heterocycles. The molecule has 2 N–H and O–H groups in total. The number of rotatable bonds is 8. The van der Waals surface area contributed by atoms with Crippen molar-refractivity contribution >= 4 is 31.3 Å². The Morgan fingerprint density at radius 2 is 2.06 bits per heavy atom. The van der Waals surface area contributed by atoms with Gasteiger partial charge in [-0.25, -0.2) is 14.1 Å². The molecule has 2 radical (unpaired) electrons. The van der Waals surface area contributed by atoms with E-state index in [9.17, 15) is 4.39 Å². The largest absolute Gasteiger partial charge is 0.312 e. The molecule has 2 bridgehead atoms. The zero-order valence-corrected chi connectivity index (χ0v) is 20.4. The predicted molar refractivity (Wildman–Crippen MR) is 132 cm³/mol. The van der Waals surface area contributed by atoms with E-state index in [0.717, 1.165) is 65.9 Å². The summed E-state index contributed by atoms with van der Waals surface area (Å²) in [6.07, 6.45) is 10.2. The van der Waals surface area contributed by atoms with Gasteiger partial charge in [0.05, 0.1) is 39.7 Å². The first-order valence-electron chi connectivity index (χ1n) is 11.9. The van der Waals surface area contributed by atoms with Crippen molar-refractivity contribution in [2.75, 3.05) is 6.54 Å². The highest BCUT2D eigenvalue weighted by Crippen LogP contribution is 2.69. The molecule has 3 aliphatic rings. The Morgan fingerprint density at radius 1 is 1.17 bits per heavy atom. The molecule has 1 aromatic carbocycles. The molecule has 10 heteroatoms. The molecular formula is C25H25FN8Si. The van der Waals surface area contributed by atoms with Gasteiger partial charge in [-0.2, -0.15) is 5.10 Å². The molecule has 0 aliphatic heterocycles. The van der Waals surface area contributed by atoms with Gasteiger partial charge in [0.25, 0.3) is 0 Å². The molecule has 0 atom stereocenters. The van der Waals surface area contributed by atoms with Gasteiger partial charge in [-0.1, -0.05) is 29.1 Å². The van der Waals surface area contributed by atoms with Gasteiger partial charge in [0.15, 0.2) is 0 Å². The standard InChI is InChI=1S/C25H25FN8Si/c1-35-18-4-19(20-7-28-30-21(20)5-18)22-11-34(32-31-22)10-17-9-33-8-16(2-3-23(33)29-17)6-27-15-24-12-25(26,13-24)14-24/h2-5,7-9,11,27H,6,10,12-15H2,1H3,(H,28,30). The maximum atomic E-state index is 13.7. The summed E-state index contributed by atoms with van der Waals surface area (Å²) < 4.78 is 17.6. The fourth-order valence-electron chi connectivity index (χ4n) is 5.86. The summed E-state index contributed by atoms with van der Waals surface area (Å²) in [6.45, 7) is 4.38. The maximum Gasteiger partial charge on any atom is 0.137 e. The topological polar surface area (TPSA) is 88.7 Å². The third-order valence-electron chi connectivity index (χ3n) is 7.45. The molecule has 4 heterocycles. The molecule has 0 spiro atoms. The quantitative estimate of drug-likeness (QED) is 0.331. The van der Waals surface area contributed by atoms with Crippen molar-refractivity contribution in [3.8, 4) is 11.3 Å². The fourth-order valence-corrected chi connectivity index (χ4v) is 6.44. The molecule has 35 heavy (non-hydrogen) atoms. The summed E-state index contributed by atoms with van der Waals surface area (Å²) in [5.41, 5.74) is 5.29. The van der Waals surface area contributed by atoms with Crippen LogP contribution in [0.3, 0.4) is 0 Å². The summed E-state index contributed by atoms with van der Waals surface area (Å²) in [7, 11) is 0.690. The van der Waals surface area contributed by atoms with Crippen LogP contribution in [0, 0.1) is 5.41 Å². The number of nitrogens with one attached hydrogen (secondary N) is 2. The molecule has 8 rings (SSSR count). The van der Waals surface area contributed by atoms with Crippen molar-refractivity contribution < 1.29 is 4.39 Å². The lowest BCUT2D eigenvalue weighted by Gasteiger charge is -2.66. The smallest absolute Gasteiger partial charge is 0.137 e. The van der Waals surface area contributed by atoms with Crippen LogP contribution in [0.15, 0.2) is 49.1 Å². The Kier molecular flexibility index (Phi) is 4.53. The van der Waals surface area contributed by atoms with Crippen LogP contribution in [0.5, 0.6) is 0 Å². The van der Waals surface area contributed by atoms with E-state index in [4.69, 9.17) is 4.98 Å². The molecule has 8 nitrogen and oxygen atoms in total. The number of halogens is 1. The Hall–Kier alpha value is -3.37. The van der Waals surface area contributed by atoms with E-state index >= 15 is 0 Å². The van der Waals surface area contributed by atoms with Crippen LogP contribution < -0.4 is 10.5 Å². The summed E-state index contributed by atoms with van der Waals surface area (Å²) in [5.74, 6) is 0. The first kappa shape index (κ1) is 21.0. The second-order valence-electron chi connectivity index (χ2n) is 10.2. The monoisotopic (exact) mass is 484 g/mol. The Labute approximate surface area is 203 Å². The third kappa shape index (κ3) is 3.59. The number of imidazole rings is 1. The molecule has 176 valence electrons. The summed E-state index contributed by atoms with van der Waals surface area (Å²) in [5, 5.41) is 21.9. The van der Waals surface area contributed by atoms with Crippen molar-refractivity contribution in [1.82, 2.24) is 39.9 Å². The van der Waals surface area contributed by atoms with E-state index in [2.05, 4.69) is 61.2 Å². The van der Waals surface area contributed by atoms with E-state index < -0.39 is 5.67 Å². The molecule has 3 aliphatic carbocycles. The second-order valence-corrected chi connectivity index (χ2v) is 11.3. The second kappa shape index (κ2) is 7.56. The van der Waals surface area contributed by atoms with Gasteiger partial charge < -0.3 is 9.72 Å². The lowest BCUT2D eigenvalue weighted by atomic mass is 9.42. The summed E-state index contributed by atoms with van der Waals surface area (Å²) in [6, 6.07) is 8.46. The van der Waals surface area contributed by atoms with Gasteiger partial charge in [-0.15, -0.1) is 5.10 Å². The van der Waals surface area contributed by atoms with Crippen LogP contribution in [0.25, 0.3) is 27.8 Å². The van der Waals surface area contributed by atoms with E-state index in [1.54, 1.807) is 0 Å². The number of aromatic amines is 1. The number of aromatic nitrogens is 7. The van der Waals surface area contributed by atoms with Crippen LogP contribution in [0.4, 0.5) is 4.39 Å². The lowest BCUT2D eigenvalue weighted by molar-refractivity contribution is -0.209. The minimum absolute atomic E-state index is 0.222. The van der Waals surface area contributed by atoms with Crippen molar-refractivity contribution in [3.63, 3.8) is 0 Å². The number of nitrogens with zero attached hydrogens (tertiary/aromatic N) is 6. The Morgan fingerprint density at radius 3 is 2.89 bits per heavy atom. The van der Waals surface area contributed by atoms with Crippen LogP contribution in [-0.2, 0) is 13.1 Å². The van der Waals surface area contributed by atoms with Crippen molar-refractivity contribution in [3.05, 3.63) is 60.3 Å². The van der Waals surface area contributed by atoms with Gasteiger partial charge in [-0.3, -0.25) is 5.10 Å². The molecule has 3 fully saturated rings. The number of pyridine rings is 1. The van der Waals surface area contributed by atoms with Gasteiger partial charge in [0.2, 0.25) is 0 Å². The van der Waals surface area contributed by atoms with Crippen molar-refractivity contribution in [2.24, 2.45) is 5.41 Å². The third-order valence-corrected chi connectivity index (χ3v) is 8.32. The molecule has 4 aromatic heterocycles. The van der Waals surface area contributed by atoms with Gasteiger partial charge in [-0.05, 0) is 42.4 Å². The minimum atomic E-state index is -0.829. The maximum absolute atomic E-state index is 13.7. The van der Waals surface area contributed by atoms with E-state index in [0.29, 0.717) is 16.1 Å². The number of hydrogen-bond acceptors (Lipinski definition) is 5. The number of H-pyrrole nitrogens is 1. The highest BCUT2D eigenvalue weighted by molar-refractivity contribution is 6.52. The lowest BCUT2D eigenvalue weighted by Crippen LogP contribution is -2.67. The zero-order valence-electron chi connectivity index (χ0n) is 19.4. The number of benzene rings is 1. The SMILES string of the molecule is C[Si]c1cc(-c2cn(Cc3cn4cc(CNCC56CC(F)(C5)C6)ccc4n3)nn2)c2cn[nH]c2c1. The molecular weight excluding hydrogens is 459 g/mol. The van der Waals surface area contributed by atoms with E-state index in [1.807, 2.05) is 29.3 Å². The van der Waals surface area contributed by atoms with E-state index in [-0.39, 0.29) is 5.41 Å². The normalized spacial score (nSPS) is 23.0. The average Bonchev–Trinajstić information content (AvgIpc) is 3.55. The van der Waals surface area contributed by atoms with Crippen LogP contribution in [0.1, 0.15) is 30.5 Å². The Bertz CT molecular complexity index is 1550. The predicted octanol–water partition coefficient (Wildman–Crippen LogP) is 2.88. The van der Waals surface area contributed by atoms with Crippen molar-refractivity contribution in [2.45, 2.75) is 44.6 Å². The fraction of sp³-hybridized carbons (Fsp3) is 0.360. The molecule has 0 amide bonds. The van der Waals surface area contributed by atoms with Crippen LogP contribution in [0.2, 0.25) is 6.55 Å². The van der Waals surface area contributed by atoms with Gasteiger partial charge >= 0.3 is 0 Å². The number of hydrogen-bond donors (Lipinski definition) is 2. The molecule has 0 unspecified atom stereocenters. The van der Waals surface area contributed by atoms with Crippen LogP contribution in [-0.4, -0.2) is 56.3 Å². The minimum Gasteiger partial charge on any atom is -0.312 e. The van der Waals surface area contributed by atoms with Crippen LogP contribution >= 0.6 is 0 Å². The molecule has 3 saturated carbocycles. The zero-order chi connectivity index (χ0) is 23.6. The number of fused-ring (bicyclic) bond motifs is 2. The first-order chi connectivity index (χ1) is 17.0. The molecule has 5 aromatic rings. The van der Waals surface area contributed by atoms with E-state index in [1.165, 1.54) is 10.8 Å². The van der Waals surface area contributed by atoms with Gasteiger partial charge in [0, 0.05) is 36.4 Å². The Balaban J connectivity index is 1.06. The van der Waals surface area contributed by atoms with Gasteiger partial charge in [0.1, 0.15) is 17.0 Å². The first-order valence-corrected chi connectivity index (χ1v) is 13.4. The number of alkyl halides is 1. The summed E-state index contributed by atoms with van der Waals surface area (Å²) >= 11 is 0. The summed E-state index contributed by atoms with van der Waals surface area (Å²) in [4.78, 5) is 4.75. The van der Waals surface area contributed by atoms with Crippen molar-refractivity contribution in [1.29, 1.82) is 0 Å². The highest BCUT2D eigenvalue weighted by atomic mass is 28.2. The highest BCUT2D eigenvalue weighted by Gasteiger charge is 2.68.